The van der Waals surface area contributed by atoms with Crippen molar-refractivity contribution in [2.45, 2.75) is 19.8 Å². The predicted molar refractivity (Wildman–Crippen MR) is 113 cm³/mol. The number of fused-ring (bicyclic) bond motifs is 1. The molecule has 0 spiro atoms. The number of nitrogens with one attached hydrogen (secondary N) is 1. The highest BCUT2D eigenvalue weighted by Gasteiger charge is 2.24. The first-order chi connectivity index (χ1) is 13.3. The molecule has 0 saturated carbocycles. The number of aromatic nitrogens is 1. The summed E-state index contributed by atoms with van der Waals surface area (Å²) in [6.07, 6.45) is 2.76. The average molecular weight is 398 g/mol. The number of carbonyl (C=O) groups is 1. The van der Waals surface area contributed by atoms with Crippen molar-refractivity contribution >= 4 is 38.2 Å². The van der Waals surface area contributed by atoms with Gasteiger partial charge in [0.05, 0.1) is 23.1 Å². The number of carbonyl (C=O) groups excluding carboxylic acids is 1. The van der Waals surface area contributed by atoms with Crippen molar-refractivity contribution in [3.05, 3.63) is 66.4 Å². The van der Waals surface area contributed by atoms with E-state index in [2.05, 4.69) is 10.3 Å². The first kappa shape index (κ1) is 19.8. The van der Waals surface area contributed by atoms with Crippen LogP contribution in [0.2, 0.25) is 0 Å². The molecule has 0 radical (unpaired) electrons. The molecule has 0 aliphatic rings. The van der Waals surface area contributed by atoms with Gasteiger partial charge >= 0.3 is 0 Å². The Bertz CT molecular complexity index is 1110. The highest BCUT2D eigenvalue weighted by Crippen LogP contribution is 2.29. The third-order valence-corrected chi connectivity index (χ3v) is 5.55. The van der Waals surface area contributed by atoms with Gasteiger partial charge in [-0.3, -0.25) is 14.1 Å². The third kappa shape index (κ3) is 4.31. The first-order valence-corrected chi connectivity index (χ1v) is 10.8. The fourth-order valence-corrected chi connectivity index (χ4v) is 3.98. The molecular formula is C21H23N3O3S. The van der Waals surface area contributed by atoms with Gasteiger partial charge in [0.2, 0.25) is 15.9 Å². The van der Waals surface area contributed by atoms with E-state index in [4.69, 9.17) is 0 Å². The van der Waals surface area contributed by atoms with Crippen LogP contribution in [0.15, 0.2) is 60.8 Å². The standard InChI is InChI=1S/C21H23N3O3S/c1-15(2)17-10-4-5-12-19(17)24(28(3,26)27)14-20(25)23-18-11-6-8-16-9-7-13-22-21(16)18/h4-13,15H,14H2,1-3H3,(H,23,25). The Kier molecular flexibility index (Phi) is 5.65. The van der Waals surface area contributed by atoms with Crippen molar-refractivity contribution in [2.24, 2.45) is 0 Å². The van der Waals surface area contributed by atoms with Gasteiger partial charge in [-0.2, -0.15) is 0 Å². The van der Waals surface area contributed by atoms with Crippen LogP contribution in [0.25, 0.3) is 10.9 Å². The second-order valence-electron chi connectivity index (χ2n) is 6.91. The van der Waals surface area contributed by atoms with Crippen LogP contribution >= 0.6 is 0 Å². The molecule has 7 heteroatoms. The molecule has 2 aromatic carbocycles. The molecule has 0 fully saturated rings. The van der Waals surface area contributed by atoms with Crippen LogP contribution in [-0.4, -0.2) is 32.1 Å². The number of hydrogen-bond donors (Lipinski definition) is 1. The minimum absolute atomic E-state index is 0.116. The summed E-state index contributed by atoms with van der Waals surface area (Å²) in [6, 6.07) is 16.4. The number of rotatable bonds is 6. The normalized spacial score (nSPS) is 11.6. The molecule has 0 aliphatic heterocycles. The van der Waals surface area contributed by atoms with Gasteiger partial charge in [-0.15, -0.1) is 0 Å². The zero-order valence-corrected chi connectivity index (χ0v) is 16.9. The molecule has 1 N–H and O–H groups in total. The summed E-state index contributed by atoms with van der Waals surface area (Å²) in [6.45, 7) is 3.66. The number of nitrogens with zero attached hydrogens (tertiary/aromatic N) is 2. The summed E-state index contributed by atoms with van der Waals surface area (Å²) < 4.78 is 26.0. The molecule has 0 atom stereocenters. The van der Waals surface area contributed by atoms with E-state index in [1.54, 1.807) is 24.4 Å². The number of benzene rings is 2. The Hall–Kier alpha value is -2.93. The van der Waals surface area contributed by atoms with Crippen LogP contribution in [0, 0.1) is 0 Å². The molecule has 0 unspecified atom stereocenters. The van der Waals surface area contributed by atoms with Crippen molar-refractivity contribution in [1.82, 2.24) is 4.98 Å². The number of para-hydroxylation sites is 2. The lowest BCUT2D eigenvalue weighted by Crippen LogP contribution is -2.38. The summed E-state index contributed by atoms with van der Waals surface area (Å²) in [5.74, 6) is -0.312. The summed E-state index contributed by atoms with van der Waals surface area (Å²) in [5, 5.41) is 3.69. The largest absolute Gasteiger partial charge is 0.323 e. The Morgan fingerprint density at radius 3 is 2.50 bits per heavy atom. The second-order valence-corrected chi connectivity index (χ2v) is 8.82. The molecule has 146 valence electrons. The van der Waals surface area contributed by atoms with E-state index in [0.717, 1.165) is 21.5 Å². The van der Waals surface area contributed by atoms with Crippen LogP contribution in [0.4, 0.5) is 11.4 Å². The molecule has 0 aliphatic carbocycles. The van der Waals surface area contributed by atoms with E-state index in [1.165, 1.54) is 0 Å². The summed E-state index contributed by atoms with van der Waals surface area (Å²) in [4.78, 5) is 17.0. The molecular weight excluding hydrogens is 374 g/mol. The van der Waals surface area contributed by atoms with Gasteiger partial charge in [-0.1, -0.05) is 50.2 Å². The minimum atomic E-state index is -3.65. The third-order valence-electron chi connectivity index (χ3n) is 4.42. The van der Waals surface area contributed by atoms with E-state index in [9.17, 15) is 13.2 Å². The lowest BCUT2D eigenvalue weighted by atomic mass is 10.0. The highest BCUT2D eigenvalue weighted by molar-refractivity contribution is 7.92. The van der Waals surface area contributed by atoms with Crippen molar-refractivity contribution in [3.63, 3.8) is 0 Å². The van der Waals surface area contributed by atoms with E-state index in [0.29, 0.717) is 16.9 Å². The molecule has 1 amide bonds. The van der Waals surface area contributed by atoms with E-state index in [1.807, 2.05) is 50.2 Å². The SMILES string of the molecule is CC(C)c1ccccc1N(CC(=O)Nc1cccc2cccnc12)S(C)(=O)=O. The quantitative estimate of drug-likeness (QED) is 0.687. The summed E-state index contributed by atoms with van der Waals surface area (Å²) in [5.41, 5.74) is 2.60. The van der Waals surface area contributed by atoms with Gasteiger partial charge in [0.15, 0.2) is 0 Å². The molecule has 3 aromatic rings. The maximum Gasteiger partial charge on any atom is 0.245 e. The van der Waals surface area contributed by atoms with Gasteiger partial charge in [0, 0.05) is 11.6 Å². The summed E-state index contributed by atoms with van der Waals surface area (Å²) >= 11 is 0. The van der Waals surface area contributed by atoms with Gasteiger partial charge in [-0.25, -0.2) is 8.42 Å². The van der Waals surface area contributed by atoms with Crippen molar-refractivity contribution in [3.8, 4) is 0 Å². The first-order valence-electron chi connectivity index (χ1n) is 8.97. The van der Waals surface area contributed by atoms with Crippen LogP contribution in [0.5, 0.6) is 0 Å². The molecule has 6 nitrogen and oxygen atoms in total. The fourth-order valence-electron chi connectivity index (χ4n) is 3.11. The number of pyridine rings is 1. The minimum Gasteiger partial charge on any atom is -0.323 e. The average Bonchev–Trinajstić information content (AvgIpc) is 2.65. The maximum atomic E-state index is 12.7. The number of amides is 1. The molecule has 0 bridgehead atoms. The molecule has 3 rings (SSSR count). The van der Waals surface area contributed by atoms with Crippen molar-refractivity contribution in [2.75, 3.05) is 22.4 Å². The summed E-state index contributed by atoms with van der Waals surface area (Å²) in [7, 11) is -3.65. The van der Waals surface area contributed by atoms with E-state index >= 15 is 0 Å². The second kappa shape index (κ2) is 7.98. The zero-order chi connectivity index (χ0) is 20.3. The van der Waals surface area contributed by atoms with E-state index in [-0.39, 0.29) is 12.5 Å². The van der Waals surface area contributed by atoms with Crippen LogP contribution in [0.3, 0.4) is 0 Å². The topological polar surface area (TPSA) is 79.4 Å². The number of anilines is 2. The van der Waals surface area contributed by atoms with Gasteiger partial charge in [0.1, 0.15) is 6.54 Å². The smallest absolute Gasteiger partial charge is 0.245 e. The maximum absolute atomic E-state index is 12.7. The van der Waals surface area contributed by atoms with Crippen LogP contribution in [-0.2, 0) is 14.8 Å². The van der Waals surface area contributed by atoms with Crippen molar-refractivity contribution < 1.29 is 13.2 Å². The Morgan fingerprint density at radius 2 is 1.79 bits per heavy atom. The number of hydrogen-bond acceptors (Lipinski definition) is 4. The lowest BCUT2D eigenvalue weighted by molar-refractivity contribution is -0.114. The molecule has 1 aromatic heterocycles. The predicted octanol–water partition coefficient (Wildman–Crippen LogP) is 3.76. The van der Waals surface area contributed by atoms with Gasteiger partial charge < -0.3 is 5.32 Å². The Morgan fingerprint density at radius 1 is 1.07 bits per heavy atom. The Balaban J connectivity index is 1.91. The molecule has 0 saturated heterocycles. The fraction of sp³-hybridized carbons (Fsp3) is 0.238. The zero-order valence-electron chi connectivity index (χ0n) is 16.1. The molecule has 1 heterocycles. The van der Waals surface area contributed by atoms with Gasteiger partial charge in [-0.05, 0) is 29.7 Å². The van der Waals surface area contributed by atoms with Crippen LogP contribution in [0.1, 0.15) is 25.3 Å². The molecule has 28 heavy (non-hydrogen) atoms. The van der Waals surface area contributed by atoms with Gasteiger partial charge in [0.25, 0.3) is 0 Å². The van der Waals surface area contributed by atoms with Crippen molar-refractivity contribution in [1.29, 1.82) is 0 Å². The number of sulfonamides is 1. The lowest BCUT2D eigenvalue weighted by Gasteiger charge is -2.25. The van der Waals surface area contributed by atoms with Crippen LogP contribution < -0.4 is 9.62 Å². The highest BCUT2D eigenvalue weighted by atomic mass is 32.2. The van der Waals surface area contributed by atoms with E-state index < -0.39 is 15.9 Å². The monoisotopic (exact) mass is 397 g/mol. The Labute approximate surface area is 165 Å².